The van der Waals surface area contributed by atoms with Crippen LogP contribution in [-0.2, 0) is 9.47 Å². The van der Waals surface area contributed by atoms with Gasteiger partial charge in [-0.25, -0.2) is 9.59 Å². The maximum Gasteiger partial charge on any atom is 0.338 e. The molecule has 0 bridgehead atoms. The molecule has 2 aromatic carbocycles. The molecule has 3 aromatic rings. The van der Waals surface area contributed by atoms with Crippen LogP contribution in [0.15, 0.2) is 47.8 Å². The van der Waals surface area contributed by atoms with Crippen LogP contribution in [0.3, 0.4) is 0 Å². The van der Waals surface area contributed by atoms with Crippen LogP contribution >= 0.6 is 11.3 Å². The Bertz CT molecular complexity index is 1080. The van der Waals surface area contributed by atoms with Gasteiger partial charge in [-0.2, -0.15) is 0 Å². The lowest BCUT2D eigenvalue weighted by Crippen LogP contribution is -2.14. The summed E-state index contributed by atoms with van der Waals surface area (Å²) >= 11 is 1.42. The third kappa shape index (κ3) is 3.34. The van der Waals surface area contributed by atoms with Gasteiger partial charge >= 0.3 is 11.9 Å². The topological polar surface area (TPSA) is 71.1 Å². The number of thiophene rings is 1. The highest BCUT2D eigenvalue weighted by Gasteiger charge is 2.27. The van der Waals surface area contributed by atoms with E-state index >= 15 is 0 Å². The van der Waals surface area contributed by atoms with E-state index in [2.05, 4.69) is 0 Å². The molecule has 1 aliphatic rings. The molecule has 0 saturated carbocycles. The van der Waals surface area contributed by atoms with Gasteiger partial charge in [0.1, 0.15) is 13.2 Å². The quantitative estimate of drug-likeness (QED) is 0.593. The van der Waals surface area contributed by atoms with Crippen molar-refractivity contribution in [1.82, 2.24) is 0 Å². The van der Waals surface area contributed by atoms with Gasteiger partial charge in [0.15, 0.2) is 11.5 Å². The molecule has 0 aliphatic carbocycles. The third-order valence-electron chi connectivity index (χ3n) is 4.62. The van der Waals surface area contributed by atoms with Gasteiger partial charge in [0.05, 0.1) is 30.2 Å². The van der Waals surface area contributed by atoms with Crippen LogP contribution in [0.2, 0.25) is 0 Å². The molecule has 0 amide bonds. The van der Waals surface area contributed by atoms with E-state index in [-0.39, 0.29) is 0 Å². The van der Waals surface area contributed by atoms with E-state index in [1.807, 2.05) is 23.6 Å². The van der Waals surface area contributed by atoms with Crippen molar-refractivity contribution in [1.29, 1.82) is 0 Å². The van der Waals surface area contributed by atoms with Gasteiger partial charge in [0, 0.05) is 10.9 Å². The second kappa shape index (κ2) is 7.97. The Morgan fingerprint density at radius 1 is 0.862 bits per heavy atom. The van der Waals surface area contributed by atoms with Gasteiger partial charge in [0.2, 0.25) is 0 Å². The Morgan fingerprint density at radius 2 is 1.52 bits per heavy atom. The van der Waals surface area contributed by atoms with Crippen molar-refractivity contribution in [3.8, 4) is 33.1 Å². The Labute approximate surface area is 171 Å². The SMILES string of the molecule is COC(=O)c1ccccc1-c1cccc(C(=O)OC)c1-c1scc2c1OCCO2. The van der Waals surface area contributed by atoms with Crippen molar-refractivity contribution in [2.24, 2.45) is 0 Å². The lowest BCUT2D eigenvalue weighted by Gasteiger charge is -2.19. The van der Waals surface area contributed by atoms with E-state index in [1.165, 1.54) is 25.6 Å². The highest BCUT2D eigenvalue weighted by Crippen LogP contribution is 2.49. The highest BCUT2D eigenvalue weighted by molar-refractivity contribution is 7.14. The van der Waals surface area contributed by atoms with Crippen LogP contribution in [0, 0.1) is 0 Å². The van der Waals surface area contributed by atoms with Crippen LogP contribution in [0.5, 0.6) is 11.5 Å². The lowest BCUT2D eigenvalue weighted by atomic mass is 9.91. The summed E-state index contributed by atoms with van der Waals surface area (Å²) in [6.07, 6.45) is 0. The fourth-order valence-corrected chi connectivity index (χ4v) is 4.35. The van der Waals surface area contributed by atoms with Gasteiger partial charge in [0.25, 0.3) is 0 Å². The van der Waals surface area contributed by atoms with Gasteiger partial charge in [-0.05, 0) is 23.3 Å². The first-order chi connectivity index (χ1) is 14.2. The standard InChI is InChI=1S/C22H18O6S/c1-25-21(23)15-7-4-3-6-13(15)14-8-5-9-16(22(24)26-2)18(14)20-19-17(12-29-20)27-10-11-28-19/h3-9,12H,10-11H2,1-2H3. The monoisotopic (exact) mass is 410 g/mol. The van der Waals surface area contributed by atoms with E-state index < -0.39 is 11.9 Å². The summed E-state index contributed by atoms with van der Waals surface area (Å²) in [5.41, 5.74) is 2.77. The number of fused-ring (bicyclic) bond motifs is 1. The van der Waals surface area contributed by atoms with Crippen molar-refractivity contribution >= 4 is 23.3 Å². The van der Waals surface area contributed by atoms with Gasteiger partial charge < -0.3 is 18.9 Å². The molecule has 1 aliphatic heterocycles. The Morgan fingerprint density at radius 3 is 2.31 bits per heavy atom. The molecule has 0 N–H and O–H groups in total. The van der Waals surface area contributed by atoms with Gasteiger partial charge in [-0.15, -0.1) is 11.3 Å². The lowest BCUT2D eigenvalue weighted by molar-refractivity contribution is 0.0593. The Kier molecular flexibility index (Phi) is 5.22. The summed E-state index contributed by atoms with van der Waals surface area (Å²) in [7, 11) is 2.68. The minimum atomic E-state index is -0.476. The second-order valence-corrected chi connectivity index (χ2v) is 7.09. The fraction of sp³-hybridized carbons (Fsp3) is 0.182. The van der Waals surface area contributed by atoms with Crippen molar-refractivity contribution in [2.75, 3.05) is 27.4 Å². The molecule has 2 heterocycles. The van der Waals surface area contributed by atoms with E-state index in [0.717, 1.165) is 4.88 Å². The highest BCUT2D eigenvalue weighted by atomic mass is 32.1. The Balaban J connectivity index is 2.02. The maximum absolute atomic E-state index is 12.6. The van der Waals surface area contributed by atoms with Crippen molar-refractivity contribution < 1.29 is 28.5 Å². The summed E-state index contributed by atoms with van der Waals surface area (Å²) in [6, 6.07) is 12.4. The minimum absolute atomic E-state index is 0.378. The van der Waals surface area contributed by atoms with Crippen LogP contribution in [0.1, 0.15) is 20.7 Å². The molecule has 0 fully saturated rings. The maximum atomic E-state index is 12.6. The number of rotatable bonds is 4. The first kappa shape index (κ1) is 19.0. The second-order valence-electron chi connectivity index (χ2n) is 6.21. The number of hydrogen-bond donors (Lipinski definition) is 0. The molecule has 4 rings (SSSR count). The van der Waals surface area contributed by atoms with Gasteiger partial charge in [-0.3, -0.25) is 0 Å². The van der Waals surface area contributed by atoms with Crippen molar-refractivity contribution in [3.63, 3.8) is 0 Å². The predicted octanol–water partition coefficient (Wildman–Crippen LogP) is 4.43. The van der Waals surface area contributed by atoms with Crippen LogP contribution < -0.4 is 9.47 Å². The number of carbonyl (C=O) groups is 2. The van der Waals surface area contributed by atoms with E-state index in [1.54, 1.807) is 24.3 Å². The molecule has 0 atom stereocenters. The van der Waals surface area contributed by atoms with Crippen molar-refractivity contribution in [3.05, 3.63) is 59.0 Å². The molecular formula is C22H18O6S. The minimum Gasteiger partial charge on any atom is -0.485 e. The molecule has 0 spiro atoms. The number of ether oxygens (including phenoxy) is 4. The molecule has 6 nitrogen and oxygen atoms in total. The summed E-state index contributed by atoms with van der Waals surface area (Å²) in [5, 5.41) is 1.86. The molecule has 0 unspecified atom stereocenters. The van der Waals surface area contributed by atoms with Crippen LogP contribution in [0.4, 0.5) is 0 Å². The number of esters is 2. The normalized spacial score (nSPS) is 12.3. The van der Waals surface area contributed by atoms with Gasteiger partial charge in [-0.1, -0.05) is 30.3 Å². The summed E-state index contributed by atoms with van der Waals surface area (Å²) in [6.45, 7) is 0.894. The number of methoxy groups -OCH3 is 2. The fourth-order valence-electron chi connectivity index (χ4n) is 3.34. The molecule has 148 valence electrons. The molecule has 1 aromatic heterocycles. The molecule has 29 heavy (non-hydrogen) atoms. The summed E-state index contributed by atoms with van der Waals surface area (Å²) < 4.78 is 21.5. The first-order valence-electron chi connectivity index (χ1n) is 8.92. The van der Waals surface area contributed by atoms with Crippen molar-refractivity contribution in [2.45, 2.75) is 0 Å². The Hall–Kier alpha value is -3.32. The number of benzene rings is 2. The molecular weight excluding hydrogens is 392 g/mol. The van der Waals surface area contributed by atoms with Crippen LogP contribution in [-0.4, -0.2) is 39.4 Å². The zero-order valence-electron chi connectivity index (χ0n) is 15.9. The van der Waals surface area contributed by atoms with E-state index in [0.29, 0.717) is 52.5 Å². The average molecular weight is 410 g/mol. The summed E-state index contributed by atoms with van der Waals surface area (Å²) in [5.74, 6) is 0.302. The molecule has 0 radical (unpaired) electrons. The number of hydrogen-bond acceptors (Lipinski definition) is 7. The zero-order chi connectivity index (χ0) is 20.4. The first-order valence-corrected chi connectivity index (χ1v) is 9.80. The third-order valence-corrected chi connectivity index (χ3v) is 5.58. The smallest absolute Gasteiger partial charge is 0.338 e. The largest absolute Gasteiger partial charge is 0.485 e. The zero-order valence-corrected chi connectivity index (χ0v) is 16.7. The molecule has 7 heteroatoms. The van der Waals surface area contributed by atoms with Crippen LogP contribution in [0.25, 0.3) is 21.6 Å². The predicted molar refractivity (Wildman–Crippen MR) is 109 cm³/mol. The van der Waals surface area contributed by atoms with E-state index in [4.69, 9.17) is 18.9 Å². The van der Waals surface area contributed by atoms with E-state index in [9.17, 15) is 9.59 Å². The molecule has 0 saturated heterocycles. The average Bonchev–Trinajstić information content (AvgIpc) is 3.21. The number of carbonyl (C=O) groups excluding carboxylic acids is 2. The summed E-state index contributed by atoms with van der Waals surface area (Å²) in [4.78, 5) is 25.7.